The monoisotopic (exact) mass is 310 g/mol. The fraction of sp³-hybridized carbons (Fsp3) is 0.412. The predicted molar refractivity (Wildman–Crippen MR) is 84.3 cm³/mol. The summed E-state index contributed by atoms with van der Waals surface area (Å²) < 4.78 is 5.56. The van der Waals surface area contributed by atoms with Crippen molar-refractivity contribution in [3.63, 3.8) is 0 Å². The Bertz CT molecular complexity index is 842. The normalized spacial score (nSPS) is 19.9. The molecule has 0 aliphatic carbocycles. The van der Waals surface area contributed by atoms with Gasteiger partial charge in [-0.1, -0.05) is 6.58 Å². The number of hydrogen-bond donors (Lipinski definition) is 0. The van der Waals surface area contributed by atoms with E-state index in [1.807, 2.05) is 6.07 Å². The Hall–Kier alpha value is -2.52. The maximum absolute atomic E-state index is 12.2. The van der Waals surface area contributed by atoms with Crippen molar-refractivity contribution in [3.8, 4) is 6.07 Å². The predicted octanol–water partition coefficient (Wildman–Crippen LogP) is 0.387. The van der Waals surface area contributed by atoms with Crippen molar-refractivity contribution >= 4 is 18.2 Å². The highest BCUT2D eigenvalue weighted by atomic mass is 16.5. The number of likely N-dealkylation sites (tertiary alicyclic amines) is 1. The molecule has 1 aromatic heterocycles. The van der Waals surface area contributed by atoms with Gasteiger partial charge in [-0.3, -0.25) is 9.78 Å². The summed E-state index contributed by atoms with van der Waals surface area (Å²) >= 11 is 0. The van der Waals surface area contributed by atoms with E-state index in [2.05, 4.69) is 28.4 Å². The molecule has 0 radical (unpaired) electrons. The van der Waals surface area contributed by atoms with Crippen LogP contribution < -0.4 is 10.7 Å². The molecule has 0 saturated carbocycles. The number of piperidine rings is 1. The van der Waals surface area contributed by atoms with Gasteiger partial charge in [0.05, 0.1) is 28.2 Å². The van der Waals surface area contributed by atoms with Crippen LogP contribution >= 0.6 is 0 Å². The number of amides is 1. The first-order valence-electron chi connectivity index (χ1n) is 7.50. The first-order chi connectivity index (χ1) is 11.0. The third-order valence-electron chi connectivity index (χ3n) is 4.61. The van der Waals surface area contributed by atoms with Crippen molar-refractivity contribution in [2.24, 2.45) is 4.99 Å². The first kappa shape index (κ1) is 15.4. The van der Waals surface area contributed by atoms with Crippen molar-refractivity contribution in [3.05, 3.63) is 34.1 Å². The Morgan fingerprint density at radius 2 is 2.13 bits per heavy atom. The lowest BCUT2D eigenvalue weighted by Crippen LogP contribution is -2.44. The number of nitrogens with zero attached hydrogens (tertiary/aromatic N) is 4. The Morgan fingerprint density at radius 3 is 2.74 bits per heavy atom. The van der Waals surface area contributed by atoms with Gasteiger partial charge in [-0.2, -0.15) is 5.26 Å². The highest BCUT2D eigenvalue weighted by Gasteiger charge is 2.34. The van der Waals surface area contributed by atoms with E-state index in [9.17, 15) is 10.1 Å². The molecular weight excluding hydrogens is 292 g/mol. The third-order valence-corrected chi connectivity index (χ3v) is 4.61. The molecular formula is C17H18N4O2. The van der Waals surface area contributed by atoms with E-state index in [1.54, 1.807) is 13.2 Å². The molecule has 6 nitrogen and oxygen atoms in total. The maximum atomic E-state index is 12.2. The number of aromatic nitrogens is 1. The minimum atomic E-state index is -0.506. The topological polar surface area (TPSA) is 78.6 Å². The SMILES string of the molecule is C=c1cc2c(cn1)=NC(=O)C(C#N)=C2N1CCC(C)(OC)CC1. The molecule has 3 heterocycles. The second kappa shape index (κ2) is 5.60. The molecule has 3 rings (SSSR count). The van der Waals surface area contributed by atoms with E-state index in [0.717, 1.165) is 18.4 Å². The number of methoxy groups -OCH3 is 1. The average Bonchev–Trinajstić information content (AvgIpc) is 2.55. The summed E-state index contributed by atoms with van der Waals surface area (Å²) in [5, 5.41) is 10.5. The Kier molecular flexibility index (Phi) is 3.74. The molecule has 1 saturated heterocycles. The van der Waals surface area contributed by atoms with Crippen LogP contribution in [0.2, 0.25) is 0 Å². The van der Waals surface area contributed by atoms with Gasteiger partial charge in [-0.15, -0.1) is 0 Å². The smallest absolute Gasteiger partial charge is 0.290 e. The zero-order valence-corrected chi connectivity index (χ0v) is 13.3. The van der Waals surface area contributed by atoms with Gasteiger partial charge in [0.2, 0.25) is 0 Å². The summed E-state index contributed by atoms with van der Waals surface area (Å²) in [6, 6.07) is 3.80. The summed E-state index contributed by atoms with van der Waals surface area (Å²) in [6.45, 7) is 7.34. The largest absolute Gasteiger partial charge is 0.378 e. The number of ether oxygens (including phenoxy) is 1. The Labute approximate surface area is 134 Å². The van der Waals surface area contributed by atoms with Crippen LogP contribution in [0, 0.1) is 11.3 Å². The van der Waals surface area contributed by atoms with Crippen molar-refractivity contribution in [1.29, 1.82) is 5.26 Å². The standard InChI is InChI=1S/C17H18N4O2/c1-11-8-12-14(10-19-11)20-16(22)13(9-18)15(12)21-6-4-17(2,23-3)5-7-21/h8,10H,1,4-7H2,2-3H3. The number of nitriles is 1. The van der Waals surface area contributed by atoms with E-state index >= 15 is 0 Å². The van der Waals surface area contributed by atoms with Crippen molar-refractivity contribution in [1.82, 2.24) is 9.88 Å². The number of pyridine rings is 1. The number of carbonyl (C=O) groups excluding carboxylic acids is 1. The fourth-order valence-corrected chi connectivity index (χ4v) is 3.01. The molecule has 23 heavy (non-hydrogen) atoms. The molecule has 1 fully saturated rings. The minimum absolute atomic E-state index is 0.0871. The molecule has 0 atom stereocenters. The minimum Gasteiger partial charge on any atom is -0.378 e. The maximum Gasteiger partial charge on any atom is 0.290 e. The van der Waals surface area contributed by atoms with E-state index in [4.69, 9.17) is 4.74 Å². The molecule has 1 amide bonds. The lowest BCUT2D eigenvalue weighted by atomic mass is 9.91. The second-order valence-electron chi connectivity index (χ2n) is 6.09. The van der Waals surface area contributed by atoms with Crippen LogP contribution in [0.3, 0.4) is 0 Å². The average molecular weight is 310 g/mol. The first-order valence-corrected chi connectivity index (χ1v) is 7.50. The molecule has 2 aliphatic heterocycles. The van der Waals surface area contributed by atoms with Gasteiger partial charge in [0.25, 0.3) is 5.91 Å². The number of carbonyl (C=O) groups is 1. The molecule has 0 N–H and O–H groups in total. The summed E-state index contributed by atoms with van der Waals surface area (Å²) in [5.74, 6) is -0.506. The van der Waals surface area contributed by atoms with Crippen LogP contribution in [0.15, 0.2) is 22.8 Å². The number of fused-ring (bicyclic) bond motifs is 1. The third kappa shape index (κ3) is 2.64. The van der Waals surface area contributed by atoms with Crippen LogP contribution in [0.4, 0.5) is 0 Å². The highest BCUT2D eigenvalue weighted by molar-refractivity contribution is 6.06. The molecule has 0 spiro atoms. The summed E-state index contributed by atoms with van der Waals surface area (Å²) in [5.41, 5.74) is 1.32. The summed E-state index contributed by atoms with van der Waals surface area (Å²) in [4.78, 5) is 22.3. The number of rotatable bonds is 2. The molecule has 6 heteroatoms. The van der Waals surface area contributed by atoms with Crippen LogP contribution in [-0.2, 0) is 9.53 Å². The molecule has 2 aliphatic rings. The second-order valence-corrected chi connectivity index (χ2v) is 6.09. The van der Waals surface area contributed by atoms with E-state index in [1.165, 1.54) is 6.20 Å². The van der Waals surface area contributed by atoms with Crippen molar-refractivity contribution in [2.45, 2.75) is 25.4 Å². The van der Waals surface area contributed by atoms with Gasteiger partial charge in [0.1, 0.15) is 11.6 Å². The zero-order valence-electron chi connectivity index (χ0n) is 13.3. The Balaban J connectivity index is 2.08. The van der Waals surface area contributed by atoms with Gasteiger partial charge in [-0.05, 0) is 25.8 Å². The van der Waals surface area contributed by atoms with Gasteiger partial charge in [0.15, 0.2) is 0 Å². The fourth-order valence-electron chi connectivity index (χ4n) is 3.01. The van der Waals surface area contributed by atoms with Crippen LogP contribution in [0.1, 0.15) is 25.3 Å². The quantitative estimate of drug-likeness (QED) is 0.789. The lowest BCUT2D eigenvalue weighted by Gasteiger charge is -2.41. The summed E-state index contributed by atoms with van der Waals surface area (Å²) in [6.07, 6.45) is 3.19. The zero-order chi connectivity index (χ0) is 16.6. The van der Waals surface area contributed by atoms with Gasteiger partial charge in [0, 0.05) is 25.8 Å². The highest BCUT2D eigenvalue weighted by Crippen LogP contribution is 2.31. The molecule has 0 unspecified atom stereocenters. The van der Waals surface area contributed by atoms with Gasteiger partial charge in [-0.25, -0.2) is 4.99 Å². The lowest BCUT2D eigenvalue weighted by molar-refractivity contribution is -0.114. The van der Waals surface area contributed by atoms with E-state index < -0.39 is 5.91 Å². The van der Waals surface area contributed by atoms with E-state index in [-0.39, 0.29) is 11.2 Å². The molecule has 0 aromatic carbocycles. The van der Waals surface area contributed by atoms with E-state index in [0.29, 0.717) is 29.5 Å². The van der Waals surface area contributed by atoms with Crippen molar-refractivity contribution < 1.29 is 9.53 Å². The molecule has 1 aromatic rings. The van der Waals surface area contributed by atoms with Crippen molar-refractivity contribution in [2.75, 3.05) is 20.2 Å². The van der Waals surface area contributed by atoms with Crippen LogP contribution in [0.25, 0.3) is 12.3 Å². The van der Waals surface area contributed by atoms with Crippen LogP contribution in [-0.4, -0.2) is 41.6 Å². The van der Waals surface area contributed by atoms with Gasteiger partial charge < -0.3 is 9.64 Å². The molecule has 0 bridgehead atoms. The van der Waals surface area contributed by atoms with Gasteiger partial charge >= 0.3 is 0 Å². The number of hydrogen-bond acceptors (Lipinski definition) is 5. The van der Waals surface area contributed by atoms with Crippen LogP contribution in [0.5, 0.6) is 0 Å². The summed E-state index contributed by atoms with van der Waals surface area (Å²) in [7, 11) is 1.72. The molecule has 118 valence electrons. The Morgan fingerprint density at radius 1 is 1.43 bits per heavy atom.